The van der Waals surface area contributed by atoms with Crippen LogP contribution in [0.2, 0.25) is 0 Å². The Morgan fingerprint density at radius 2 is 0.729 bits per heavy atom. The van der Waals surface area contributed by atoms with E-state index in [1.165, 1.54) is 11.8 Å². The fourth-order valence-electron chi connectivity index (χ4n) is 8.19. The molecule has 2 aromatic carbocycles. The zero-order valence-corrected chi connectivity index (χ0v) is 40.2. The Morgan fingerprint density at radius 1 is 0.492 bits per heavy atom. The van der Waals surface area contributed by atoms with Crippen molar-refractivity contribution < 1.29 is 39.6 Å². The average molecular weight is 841 g/mol. The summed E-state index contributed by atoms with van der Waals surface area (Å²) in [4.78, 5) is 53.4. The number of carboxylic acid groups (broad SMARTS) is 2. The number of carbonyl (C=O) groups is 4. The Balaban J connectivity index is 3.57. The smallest absolute Gasteiger partial charge is 0.305 e. The fraction of sp³-hybridized carbons (Fsp3) is 0.667. The topological polar surface area (TPSA) is 173 Å². The summed E-state index contributed by atoms with van der Waals surface area (Å²) in [5, 5.41) is 52.2. The fourth-order valence-corrected chi connectivity index (χ4v) is 10.7. The van der Waals surface area contributed by atoms with Crippen LogP contribution in [0.15, 0.2) is 24.3 Å². The number of aromatic hydroxyl groups is 2. The summed E-state index contributed by atoms with van der Waals surface area (Å²) in [5.74, 6) is -2.54. The first kappa shape index (κ1) is 51.4. The molecule has 0 spiro atoms. The molecule has 0 saturated heterocycles. The van der Waals surface area contributed by atoms with Gasteiger partial charge in [-0.3, -0.25) is 19.2 Å². The second-order valence-corrected chi connectivity index (χ2v) is 23.8. The molecule has 0 saturated carbocycles. The molecule has 2 atom stereocenters. The van der Waals surface area contributed by atoms with Crippen LogP contribution in [0.1, 0.15) is 197 Å². The molecule has 0 heterocycles. The van der Waals surface area contributed by atoms with Gasteiger partial charge in [0.15, 0.2) is 0 Å². The number of nitrogens with one attached hydrogen (secondary N) is 2. The Morgan fingerprint density at radius 3 is 0.915 bits per heavy atom. The van der Waals surface area contributed by atoms with Crippen LogP contribution in [-0.4, -0.2) is 55.3 Å². The number of benzene rings is 2. The molecule has 2 rings (SSSR count). The summed E-state index contributed by atoms with van der Waals surface area (Å²) >= 11 is 1.23. The van der Waals surface area contributed by atoms with Crippen LogP contribution in [0.3, 0.4) is 0 Å². The maximum atomic E-state index is 13.6. The molecule has 0 aromatic heterocycles. The van der Waals surface area contributed by atoms with Gasteiger partial charge in [0, 0.05) is 23.9 Å². The van der Waals surface area contributed by atoms with E-state index in [0.29, 0.717) is 33.4 Å². The molecule has 10 nitrogen and oxygen atoms in total. The normalized spacial score (nSPS) is 15.2. The molecular formula is C48H76N2O8S. The zero-order valence-electron chi connectivity index (χ0n) is 39.4. The lowest BCUT2D eigenvalue weighted by Crippen LogP contribution is -2.51. The Bertz CT molecular complexity index is 1680. The van der Waals surface area contributed by atoms with E-state index in [1.54, 1.807) is 13.8 Å². The van der Waals surface area contributed by atoms with Crippen molar-refractivity contribution in [2.75, 3.05) is 0 Å². The second kappa shape index (κ2) is 17.7. The molecule has 59 heavy (non-hydrogen) atoms. The van der Waals surface area contributed by atoms with Gasteiger partial charge in [-0.1, -0.05) is 121 Å². The highest BCUT2D eigenvalue weighted by molar-refractivity contribution is 8.01. The largest absolute Gasteiger partial charge is 0.507 e. The predicted octanol–water partition coefficient (Wildman–Crippen LogP) is 10.5. The van der Waals surface area contributed by atoms with Crippen molar-refractivity contribution in [1.29, 1.82) is 0 Å². The van der Waals surface area contributed by atoms with Crippen molar-refractivity contribution in [1.82, 2.24) is 10.6 Å². The van der Waals surface area contributed by atoms with E-state index in [2.05, 4.69) is 10.6 Å². The summed E-state index contributed by atoms with van der Waals surface area (Å²) < 4.78 is -2.96. The van der Waals surface area contributed by atoms with Gasteiger partial charge in [0.25, 0.3) is 0 Å². The maximum Gasteiger partial charge on any atom is 0.305 e. The van der Waals surface area contributed by atoms with E-state index in [-0.39, 0.29) is 49.0 Å². The standard InChI is InChI=1S/C48H76N2O8S/c1-19-35(51)49-45(15,16)27-47(25-37(53)54,29-21-31(41(3,4)5)39(57)32(22-29)42(6,7)8)59-48(26-38(55)56,28-46(17,18)50-36(52)20-2)30-23-33(43(9,10)11)40(58)34(24-30)44(12,13)14/h21-24,57-58H,19-20,25-28H2,1-18H3,(H,49,51)(H,50,52)(H,53,54)(H,55,56). The highest BCUT2D eigenvalue weighted by atomic mass is 32.2. The number of phenolic OH excluding ortho intramolecular Hbond substituents is 2. The van der Waals surface area contributed by atoms with Crippen LogP contribution >= 0.6 is 11.8 Å². The number of hydrogen-bond acceptors (Lipinski definition) is 7. The third-order valence-electron chi connectivity index (χ3n) is 10.8. The highest BCUT2D eigenvalue weighted by Gasteiger charge is 2.52. The number of amides is 2. The van der Waals surface area contributed by atoms with E-state index >= 15 is 0 Å². The zero-order chi connectivity index (χ0) is 46.1. The minimum absolute atomic E-state index is 0.0418. The van der Waals surface area contributed by atoms with Gasteiger partial charge < -0.3 is 31.1 Å². The first-order valence-corrected chi connectivity index (χ1v) is 21.7. The predicted molar refractivity (Wildman–Crippen MR) is 241 cm³/mol. The average Bonchev–Trinajstić information content (AvgIpc) is 3.00. The van der Waals surface area contributed by atoms with Crippen LogP contribution in [0.5, 0.6) is 11.5 Å². The van der Waals surface area contributed by atoms with Crippen LogP contribution in [0.25, 0.3) is 0 Å². The van der Waals surface area contributed by atoms with E-state index in [1.807, 2.05) is 135 Å². The lowest BCUT2D eigenvalue weighted by atomic mass is 9.74. The first-order valence-electron chi connectivity index (χ1n) is 20.9. The number of aliphatic carboxylic acids is 2. The van der Waals surface area contributed by atoms with Crippen LogP contribution in [-0.2, 0) is 50.3 Å². The lowest BCUT2D eigenvalue weighted by Gasteiger charge is -2.49. The number of carboxylic acids is 2. The van der Waals surface area contributed by atoms with Crippen molar-refractivity contribution in [3.8, 4) is 11.5 Å². The van der Waals surface area contributed by atoms with Gasteiger partial charge in [0.1, 0.15) is 11.5 Å². The SMILES string of the molecule is CCC(=O)NC(C)(C)CC(CC(=O)O)(SC(CC(=O)O)(CC(C)(C)NC(=O)CC)c1cc(C(C)(C)C)c(O)c(C(C)(C)C)c1)c1cc(C(C)(C)C)c(O)c(C(C)(C)C)c1. The van der Waals surface area contributed by atoms with Gasteiger partial charge in [-0.25, -0.2) is 0 Å². The van der Waals surface area contributed by atoms with Gasteiger partial charge in [-0.2, -0.15) is 0 Å². The van der Waals surface area contributed by atoms with Crippen molar-refractivity contribution in [3.63, 3.8) is 0 Å². The molecule has 2 amide bonds. The number of thioether (sulfide) groups is 1. The van der Waals surface area contributed by atoms with Crippen molar-refractivity contribution in [2.24, 2.45) is 0 Å². The second-order valence-electron chi connectivity index (χ2n) is 22.0. The quantitative estimate of drug-likeness (QED) is 0.0962. The summed E-state index contributed by atoms with van der Waals surface area (Å²) in [6.45, 7) is 34.5. The number of phenols is 2. The third kappa shape index (κ3) is 13.1. The molecule has 6 N–H and O–H groups in total. The molecule has 0 aliphatic carbocycles. The maximum absolute atomic E-state index is 13.6. The molecule has 0 aliphatic rings. The number of hydrogen-bond donors (Lipinski definition) is 6. The first-order chi connectivity index (χ1) is 26.3. The lowest BCUT2D eigenvalue weighted by molar-refractivity contribution is -0.138. The molecule has 11 heteroatoms. The molecule has 0 fully saturated rings. The summed E-state index contributed by atoms with van der Waals surface area (Å²) in [6.07, 6.45) is -0.505. The van der Waals surface area contributed by atoms with Gasteiger partial charge >= 0.3 is 11.9 Å². The van der Waals surface area contributed by atoms with Gasteiger partial charge in [-0.15, -0.1) is 11.8 Å². The summed E-state index contributed by atoms with van der Waals surface area (Å²) in [7, 11) is 0. The minimum Gasteiger partial charge on any atom is -0.507 e. The van der Waals surface area contributed by atoms with Crippen molar-refractivity contribution >= 4 is 35.5 Å². The molecule has 332 valence electrons. The molecule has 0 bridgehead atoms. The molecule has 2 aromatic rings. The number of rotatable bonds is 16. The van der Waals surface area contributed by atoms with Gasteiger partial charge in [0.05, 0.1) is 22.3 Å². The van der Waals surface area contributed by atoms with Gasteiger partial charge in [0.2, 0.25) is 11.8 Å². The Hall–Kier alpha value is -3.73. The van der Waals surface area contributed by atoms with Crippen LogP contribution in [0, 0.1) is 0 Å². The van der Waals surface area contributed by atoms with E-state index < -0.39 is 67.0 Å². The van der Waals surface area contributed by atoms with E-state index in [9.17, 15) is 39.6 Å². The van der Waals surface area contributed by atoms with Crippen molar-refractivity contribution in [3.05, 3.63) is 57.6 Å². The van der Waals surface area contributed by atoms with Gasteiger partial charge in [-0.05, 0) is 95.6 Å². The van der Waals surface area contributed by atoms with Crippen molar-refractivity contribution in [2.45, 2.75) is 205 Å². The minimum atomic E-state index is -1.48. The molecule has 0 aliphatic heterocycles. The monoisotopic (exact) mass is 841 g/mol. The molecule has 0 radical (unpaired) electrons. The van der Waals surface area contributed by atoms with Crippen LogP contribution < -0.4 is 10.6 Å². The highest BCUT2D eigenvalue weighted by Crippen LogP contribution is 2.61. The molecular weight excluding hydrogens is 765 g/mol. The summed E-state index contributed by atoms with van der Waals surface area (Å²) in [5.41, 5.74) is -0.945. The Kier molecular flexibility index (Phi) is 15.4. The summed E-state index contributed by atoms with van der Waals surface area (Å²) in [6, 6.07) is 7.41. The van der Waals surface area contributed by atoms with E-state index in [4.69, 9.17) is 0 Å². The molecule has 2 unspecified atom stereocenters. The third-order valence-corrected chi connectivity index (χ3v) is 12.7. The number of carbonyl (C=O) groups excluding carboxylic acids is 2. The Labute approximate surface area is 359 Å². The van der Waals surface area contributed by atoms with Crippen LogP contribution in [0.4, 0.5) is 0 Å². The van der Waals surface area contributed by atoms with E-state index in [0.717, 1.165) is 0 Å².